The predicted octanol–water partition coefficient (Wildman–Crippen LogP) is 3.41. The Labute approximate surface area is 110 Å². The number of hydrogen-bond acceptors (Lipinski definition) is 2. The summed E-state index contributed by atoms with van der Waals surface area (Å²) in [6.45, 7) is 4.56. The summed E-state index contributed by atoms with van der Waals surface area (Å²) < 4.78 is 43.7. The number of benzene rings is 1. The highest BCUT2D eigenvalue weighted by atomic mass is 19.4. The lowest BCUT2D eigenvalue weighted by Crippen LogP contribution is -2.08. The highest BCUT2D eigenvalue weighted by Crippen LogP contribution is 2.64. The van der Waals surface area contributed by atoms with E-state index >= 15 is 0 Å². The first-order valence-corrected chi connectivity index (χ1v) is 6.18. The summed E-state index contributed by atoms with van der Waals surface area (Å²) in [5.41, 5.74) is 5.61. The van der Waals surface area contributed by atoms with E-state index in [0.29, 0.717) is 12.1 Å². The zero-order valence-corrected chi connectivity index (χ0v) is 11.2. The van der Waals surface area contributed by atoms with Crippen molar-refractivity contribution in [2.45, 2.75) is 25.9 Å². The molecule has 0 bridgehead atoms. The van der Waals surface area contributed by atoms with Crippen molar-refractivity contribution in [2.75, 3.05) is 13.7 Å². The molecule has 2 nitrogen and oxygen atoms in total. The van der Waals surface area contributed by atoms with Crippen molar-refractivity contribution >= 4 is 0 Å². The lowest BCUT2D eigenvalue weighted by atomic mass is 10.0. The largest absolute Gasteiger partial charge is 0.496 e. The Bertz CT molecular complexity index is 482. The normalized spacial score (nSPS) is 25.2. The minimum Gasteiger partial charge on any atom is -0.496 e. The van der Waals surface area contributed by atoms with Crippen LogP contribution in [0, 0.1) is 11.3 Å². The molecule has 2 atom stereocenters. The molecule has 0 heterocycles. The molecule has 0 aliphatic heterocycles. The van der Waals surface area contributed by atoms with Crippen LogP contribution in [0.1, 0.15) is 30.9 Å². The average Bonchev–Trinajstić information content (AvgIpc) is 2.89. The molecule has 0 saturated heterocycles. The zero-order valence-electron chi connectivity index (χ0n) is 11.2. The molecule has 0 unspecified atom stereocenters. The molecule has 1 saturated carbocycles. The first-order chi connectivity index (χ1) is 8.73. The molecule has 1 aromatic carbocycles. The summed E-state index contributed by atoms with van der Waals surface area (Å²) in [4.78, 5) is 0. The maximum absolute atomic E-state index is 13.0. The van der Waals surface area contributed by atoms with E-state index in [9.17, 15) is 13.2 Å². The van der Waals surface area contributed by atoms with Crippen molar-refractivity contribution in [3.8, 4) is 5.75 Å². The second-order valence-corrected chi connectivity index (χ2v) is 5.60. The summed E-state index contributed by atoms with van der Waals surface area (Å²) in [6.07, 6.45) is -4.40. The smallest absolute Gasteiger partial charge is 0.419 e. The Morgan fingerprint density at radius 2 is 1.95 bits per heavy atom. The Morgan fingerprint density at radius 3 is 2.37 bits per heavy atom. The molecule has 0 radical (unpaired) electrons. The molecule has 0 aromatic heterocycles. The number of ether oxygens (including phenoxy) is 1. The molecule has 1 aromatic rings. The minimum absolute atomic E-state index is 0.0355. The van der Waals surface area contributed by atoms with Gasteiger partial charge >= 0.3 is 6.18 Å². The summed E-state index contributed by atoms with van der Waals surface area (Å²) in [7, 11) is 1.24. The quantitative estimate of drug-likeness (QED) is 0.916. The number of hydrogen-bond donors (Lipinski definition) is 1. The van der Waals surface area contributed by atoms with Crippen molar-refractivity contribution in [2.24, 2.45) is 17.1 Å². The van der Waals surface area contributed by atoms with Gasteiger partial charge in [-0.3, -0.25) is 0 Å². The maximum atomic E-state index is 13.0. The van der Waals surface area contributed by atoms with E-state index in [1.807, 2.05) is 13.8 Å². The number of halogens is 3. The van der Waals surface area contributed by atoms with Crippen LogP contribution in [-0.4, -0.2) is 13.7 Å². The van der Waals surface area contributed by atoms with Gasteiger partial charge in [-0.25, -0.2) is 0 Å². The van der Waals surface area contributed by atoms with Gasteiger partial charge < -0.3 is 10.5 Å². The number of alkyl halides is 3. The second kappa shape index (κ2) is 4.40. The third-order valence-corrected chi connectivity index (χ3v) is 4.19. The summed E-state index contributed by atoms with van der Waals surface area (Å²) in [5, 5.41) is 0. The van der Waals surface area contributed by atoms with Crippen molar-refractivity contribution in [1.29, 1.82) is 0 Å². The van der Waals surface area contributed by atoms with Gasteiger partial charge in [0.2, 0.25) is 0 Å². The SMILES string of the molecule is COc1ccc([C@H]2[C@H](CN)C2(C)C)cc1C(F)(F)F. The van der Waals surface area contributed by atoms with Crippen molar-refractivity contribution in [1.82, 2.24) is 0 Å². The third kappa shape index (κ3) is 2.31. The van der Waals surface area contributed by atoms with Crippen molar-refractivity contribution < 1.29 is 17.9 Å². The zero-order chi connectivity index (χ0) is 14.4. The Morgan fingerprint density at radius 1 is 1.32 bits per heavy atom. The standard InChI is InChI=1S/C14H18F3NO/c1-13(2)10(7-18)12(13)8-4-5-11(19-3)9(6-8)14(15,16)17/h4-6,10,12H,7,18H2,1-3H3/t10-,12-/m0/s1. The fraction of sp³-hybridized carbons (Fsp3) is 0.571. The van der Waals surface area contributed by atoms with Crippen LogP contribution >= 0.6 is 0 Å². The van der Waals surface area contributed by atoms with Gasteiger partial charge in [-0.15, -0.1) is 0 Å². The summed E-state index contributed by atoms with van der Waals surface area (Å²) in [5.74, 6) is 0.186. The molecule has 2 rings (SSSR count). The van der Waals surface area contributed by atoms with Crippen LogP contribution in [0.5, 0.6) is 5.75 Å². The average molecular weight is 273 g/mol. The van der Waals surface area contributed by atoms with Crippen LogP contribution in [0.2, 0.25) is 0 Å². The second-order valence-electron chi connectivity index (χ2n) is 5.60. The van der Waals surface area contributed by atoms with E-state index in [1.54, 1.807) is 6.07 Å². The summed E-state index contributed by atoms with van der Waals surface area (Å²) in [6, 6.07) is 4.29. The highest BCUT2D eigenvalue weighted by molar-refractivity contribution is 5.43. The number of rotatable bonds is 3. The monoisotopic (exact) mass is 273 g/mol. The van der Waals surface area contributed by atoms with E-state index in [1.165, 1.54) is 19.2 Å². The van der Waals surface area contributed by atoms with Crippen LogP contribution in [0.3, 0.4) is 0 Å². The molecule has 0 amide bonds. The van der Waals surface area contributed by atoms with Gasteiger partial charge in [0.15, 0.2) is 0 Å². The van der Waals surface area contributed by atoms with Crippen LogP contribution in [-0.2, 0) is 6.18 Å². The molecule has 5 heteroatoms. The van der Waals surface area contributed by atoms with E-state index < -0.39 is 11.7 Å². The van der Waals surface area contributed by atoms with Crippen molar-refractivity contribution in [3.63, 3.8) is 0 Å². The fourth-order valence-electron chi connectivity index (χ4n) is 2.99. The molecule has 19 heavy (non-hydrogen) atoms. The molecule has 1 aliphatic carbocycles. The maximum Gasteiger partial charge on any atom is 0.419 e. The van der Waals surface area contributed by atoms with Gasteiger partial charge in [0, 0.05) is 0 Å². The Balaban J connectivity index is 2.40. The van der Waals surface area contributed by atoms with Gasteiger partial charge in [0.25, 0.3) is 0 Å². The van der Waals surface area contributed by atoms with Crippen molar-refractivity contribution in [3.05, 3.63) is 29.3 Å². The molecule has 2 N–H and O–H groups in total. The van der Waals surface area contributed by atoms with Crippen LogP contribution in [0.25, 0.3) is 0 Å². The van der Waals surface area contributed by atoms with E-state index in [0.717, 1.165) is 0 Å². The molecular formula is C14H18F3NO. The first kappa shape index (κ1) is 14.2. The Kier molecular flexibility index (Phi) is 3.29. The van der Waals surface area contributed by atoms with Crippen LogP contribution in [0.4, 0.5) is 13.2 Å². The van der Waals surface area contributed by atoms with Crippen LogP contribution < -0.4 is 10.5 Å². The Hall–Kier alpha value is -1.23. The van der Waals surface area contributed by atoms with E-state index in [2.05, 4.69) is 0 Å². The lowest BCUT2D eigenvalue weighted by Gasteiger charge is -2.14. The summed E-state index contributed by atoms with van der Waals surface area (Å²) >= 11 is 0. The fourth-order valence-corrected chi connectivity index (χ4v) is 2.99. The minimum atomic E-state index is -4.40. The van der Waals surface area contributed by atoms with Gasteiger partial charge in [-0.2, -0.15) is 13.2 Å². The van der Waals surface area contributed by atoms with E-state index in [-0.39, 0.29) is 23.0 Å². The number of nitrogens with two attached hydrogens (primary N) is 1. The lowest BCUT2D eigenvalue weighted by molar-refractivity contribution is -0.138. The highest BCUT2D eigenvalue weighted by Gasteiger charge is 2.57. The van der Waals surface area contributed by atoms with Gasteiger partial charge in [0.1, 0.15) is 5.75 Å². The van der Waals surface area contributed by atoms with Crippen LogP contribution in [0.15, 0.2) is 18.2 Å². The van der Waals surface area contributed by atoms with Gasteiger partial charge in [-0.1, -0.05) is 19.9 Å². The first-order valence-electron chi connectivity index (χ1n) is 6.18. The van der Waals surface area contributed by atoms with Gasteiger partial charge in [-0.05, 0) is 41.5 Å². The molecule has 1 aliphatic rings. The molecule has 106 valence electrons. The predicted molar refractivity (Wildman–Crippen MR) is 67.1 cm³/mol. The molecule has 0 spiro atoms. The molecule has 1 fully saturated rings. The van der Waals surface area contributed by atoms with E-state index in [4.69, 9.17) is 10.5 Å². The third-order valence-electron chi connectivity index (χ3n) is 4.19. The topological polar surface area (TPSA) is 35.2 Å². The number of methoxy groups -OCH3 is 1. The molecular weight excluding hydrogens is 255 g/mol. The van der Waals surface area contributed by atoms with Gasteiger partial charge in [0.05, 0.1) is 12.7 Å².